The second kappa shape index (κ2) is 12.4. The van der Waals surface area contributed by atoms with Crippen LogP contribution < -0.4 is 0 Å². The van der Waals surface area contributed by atoms with Gasteiger partial charge in [0.05, 0.1) is 39.1 Å². The maximum Gasteiger partial charge on any atom is 0.136 e. The van der Waals surface area contributed by atoms with Crippen molar-refractivity contribution in [1.82, 2.24) is 14.1 Å². The Balaban J connectivity index is 1.16. The third kappa shape index (κ3) is 4.91. The zero-order valence-electron chi connectivity index (χ0n) is 30.8. The summed E-state index contributed by atoms with van der Waals surface area (Å²) in [5.41, 5.74) is 14.8. The fraction of sp³-hybridized carbons (Fsp3) is 0. The van der Waals surface area contributed by atoms with Gasteiger partial charge in [-0.15, -0.1) is 0 Å². The molecule has 0 atom stereocenters. The number of fused-ring (bicyclic) bond motifs is 10. The average Bonchev–Trinajstić information content (AvgIpc) is 3.94. The van der Waals surface area contributed by atoms with Crippen LogP contribution in [0.25, 0.3) is 111 Å². The summed E-state index contributed by atoms with van der Waals surface area (Å²) >= 11 is 0. The third-order valence-corrected chi connectivity index (χ3v) is 11.5. The van der Waals surface area contributed by atoms with Gasteiger partial charge < -0.3 is 13.6 Å². The molecule has 0 saturated carbocycles. The lowest BCUT2D eigenvalue weighted by atomic mass is 10.0. The molecule has 0 aliphatic carbocycles. The van der Waals surface area contributed by atoms with Gasteiger partial charge in [-0.05, 0) is 65.7 Å². The Morgan fingerprint density at radius 1 is 0.316 bits per heavy atom. The number of hydrogen-bond donors (Lipinski definition) is 0. The molecule has 0 N–H and O–H groups in total. The Hall–Kier alpha value is -7.69. The number of rotatable bonds is 5. The Labute approximate surface area is 328 Å². The quantitative estimate of drug-likeness (QED) is 0.177. The molecular weight excluding hydrogens is 695 g/mol. The first kappa shape index (κ1) is 31.6. The van der Waals surface area contributed by atoms with Crippen molar-refractivity contribution >= 4 is 65.6 Å². The van der Waals surface area contributed by atoms with Crippen molar-refractivity contribution in [3.8, 4) is 45.0 Å². The van der Waals surface area contributed by atoms with Gasteiger partial charge in [-0.2, -0.15) is 0 Å². The molecule has 0 spiro atoms. The molecule has 0 saturated heterocycles. The number of pyridine rings is 1. The van der Waals surface area contributed by atoms with Crippen molar-refractivity contribution < 1.29 is 4.42 Å². The van der Waals surface area contributed by atoms with Gasteiger partial charge in [-0.3, -0.25) is 0 Å². The van der Waals surface area contributed by atoms with Crippen LogP contribution in [0.5, 0.6) is 0 Å². The largest absolute Gasteiger partial charge is 0.456 e. The highest BCUT2D eigenvalue weighted by Crippen LogP contribution is 2.43. The Morgan fingerprint density at radius 2 is 0.807 bits per heavy atom. The summed E-state index contributed by atoms with van der Waals surface area (Å²) in [6.45, 7) is 0. The van der Waals surface area contributed by atoms with Crippen molar-refractivity contribution in [3.05, 3.63) is 200 Å². The van der Waals surface area contributed by atoms with Crippen LogP contribution in [0, 0.1) is 0 Å². The zero-order chi connectivity index (χ0) is 37.5. The summed E-state index contributed by atoms with van der Waals surface area (Å²) in [7, 11) is 0. The first-order valence-electron chi connectivity index (χ1n) is 19.4. The van der Waals surface area contributed by atoms with Crippen molar-refractivity contribution in [3.63, 3.8) is 0 Å². The summed E-state index contributed by atoms with van der Waals surface area (Å²) in [6, 6.07) is 71.4. The van der Waals surface area contributed by atoms with Gasteiger partial charge in [-0.1, -0.05) is 146 Å². The summed E-state index contributed by atoms with van der Waals surface area (Å²) in [4.78, 5) is 5.25. The van der Waals surface area contributed by atoms with Crippen LogP contribution in [0.15, 0.2) is 205 Å². The van der Waals surface area contributed by atoms with Gasteiger partial charge in [0.2, 0.25) is 0 Å². The van der Waals surface area contributed by atoms with Gasteiger partial charge in [0.15, 0.2) is 0 Å². The monoisotopic (exact) mass is 727 g/mol. The summed E-state index contributed by atoms with van der Waals surface area (Å²) in [5.74, 6) is 0. The SMILES string of the molecule is c1ccc(-c2cc(-n3c4ccccc4c4ccc5c6ccccc6n(-c6cccc(-c7ccc8c(c7)oc7ccccc78)c6)c5c43)cc(-c3ccccc3)n2)cc1. The molecule has 0 fully saturated rings. The summed E-state index contributed by atoms with van der Waals surface area (Å²) in [6.07, 6.45) is 0. The second-order valence-electron chi connectivity index (χ2n) is 14.8. The minimum Gasteiger partial charge on any atom is -0.456 e. The van der Waals surface area contributed by atoms with Crippen molar-refractivity contribution in [2.24, 2.45) is 0 Å². The van der Waals surface area contributed by atoms with E-state index in [0.29, 0.717) is 0 Å². The minimum absolute atomic E-state index is 0.893. The molecule has 0 radical (unpaired) electrons. The van der Waals surface area contributed by atoms with E-state index in [0.717, 1.165) is 89.0 Å². The van der Waals surface area contributed by atoms with Crippen LogP contribution in [0.1, 0.15) is 0 Å². The standard InChI is InChI=1S/C53H33N3O/c1-3-14-34(15-4-1)46-32-39(33-47(54-46)35-16-5-2-6-17-35)56-49-24-11-8-21-41(49)45-29-28-44-40-20-7-10-23-48(40)55(52(44)53(45)56)38-19-13-18-36(30-38)37-26-27-43-42-22-9-12-25-50(42)57-51(43)31-37/h1-33H. The molecule has 12 rings (SSSR count). The Kier molecular flexibility index (Phi) is 6.89. The predicted molar refractivity (Wildman–Crippen MR) is 237 cm³/mol. The fourth-order valence-corrected chi connectivity index (χ4v) is 8.93. The number of furan rings is 1. The highest BCUT2D eigenvalue weighted by Gasteiger charge is 2.22. The summed E-state index contributed by atoms with van der Waals surface area (Å²) < 4.78 is 11.2. The molecule has 4 heteroatoms. The third-order valence-electron chi connectivity index (χ3n) is 11.5. The minimum atomic E-state index is 0.893. The smallest absolute Gasteiger partial charge is 0.136 e. The van der Waals surface area contributed by atoms with E-state index in [1.807, 2.05) is 12.1 Å². The highest BCUT2D eigenvalue weighted by molar-refractivity contribution is 6.24. The molecule has 0 aliphatic rings. The van der Waals surface area contributed by atoms with Crippen LogP contribution in [0.2, 0.25) is 0 Å². The van der Waals surface area contributed by atoms with E-state index in [2.05, 4.69) is 197 Å². The van der Waals surface area contributed by atoms with Gasteiger partial charge in [0, 0.05) is 49.1 Å². The van der Waals surface area contributed by atoms with Crippen molar-refractivity contribution in [2.45, 2.75) is 0 Å². The van der Waals surface area contributed by atoms with Gasteiger partial charge in [-0.25, -0.2) is 4.98 Å². The van der Waals surface area contributed by atoms with Crippen LogP contribution >= 0.6 is 0 Å². The molecule has 57 heavy (non-hydrogen) atoms. The number of nitrogens with zero attached hydrogens (tertiary/aromatic N) is 3. The summed E-state index contributed by atoms with van der Waals surface area (Å²) in [5, 5.41) is 7.09. The average molecular weight is 728 g/mol. The van der Waals surface area contributed by atoms with Crippen molar-refractivity contribution in [1.29, 1.82) is 0 Å². The first-order chi connectivity index (χ1) is 28.3. The maximum absolute atomic E-state index is 6.33. The van der Waals surface area contributed by atoms with Gasteiger partial charge >= 0.3 is 0 Å². The number of hydrogen-bond acceptors (Lipinski definition) is 2. The lowest BCUT2D eigenvalue weighted by molar-refractivity contribution is 0.669. The van der Waals surface area contributed by atoms with Crippen LogP contribution in [-0.2, 0) is 0 Å². The molecule has 0 unspecified atom stereocenters. The van der Waals surface area contributed by atoms with E-state index < -0.39 is 0 Å². The maximum atomic E-state index is 6.33. The van der Waals surface area contributed by atoms with Crippen LogP contribution in [0.4, 0.5) is 0 Å². The van der Waals surface area contributed by atoms with E-state index >= 15 is 0 Å². The molecule has 266 valence electrons. The topological polar surface area (TPSA) is 35.9 Å². The number of benzene rings is 8. The predicted octanol–water partition coefficient (Wildman–Crippen LogP) is 14.2. The van der Waals surface area contributed by atoms with E-state index in [9.17, 15) is 0 Å². The number of para-hydroxylation sites is 3. The van der Waals surface area contributed by atoms with E-state index in [-0.39, 0.29) is 0 Å². The van der Waals surface area contributed by atoms with Crippen LogP contribution in [-0.4, -0.2) is 14.1 Å². The van der Waals surface area contributed by atoms with Crippen LogP contribution in [0.3, 0.4) is 0 Å². The normalized spacial score (nSPS) is 11.9. The lowest BCUT2D eigenvalue weighted by Crippen LogP contribution is -2.01. The van der Waals surface area contributed by atoms with Gasteiger partial charge in [0.1, 0.15) is 11.2 Å². The Bertz CT molecular complexity index is 3460. The number of aromatic nitrogens is 3. The molecule has 0 aliphatic heterocycles. The van der Waals surface area contributed by atoms with Crippen molar-refractivity contribution in [2.75, 3.05) is 0 Å². The van der Waals surface area contributed by atoms with E-state index in [1.54, 1.807) is 0 Å². The van der Waals surface area contributed by atoms with Gasteiger partial charge in [0.25, 0.3) is 0 Å². The molecule has 0 amide bonds. The molecular formula is C53H33N3O. The molecule has 12 aromatic rings. The Morgan fingerprint density at radius 3 is 1.46 bits per heavy atom. The fourth-order valence-electron chi connectivity index (χ4n) is 8.93. The van der Waals surface area contributed by atoms with E-state index in [1.165, 1.54) is 21.5 Å². The first-order valence-corrected chi connectivity index (χ1v) is 19.4. The molecule has 4 heterocycles. The second-order valence-corrected chi connectivity index (χ2v) is 14.8. The molecule has 8 aromatic carbocycles. The van der Waals surface area contributed by atoms with E-state index in [4.69, 9.17) is 9.40 Å². The lowest BCUT2D eigenvalue weighted by Gasteiger charge is -2.15. The molecule has 4 aromatic heterocycles. The molecule has 4 nitrogen and oxygen atoms in total. The molecule has 0 bridgehead atoms. The highest BCUT2D eigenvalue weighted by atomic mass is 16.3. The zero-order valence-corrected chi connectivity index (χ0v) is 30.8.